The lowest BCUT2D eigenvalue weighted by molar-refractivity contribution is 0.0701. The van der Waals surface area contributed by atoms with Crippen molar-refractivity contribution in [3.8, 4) is 0 Å². The fourth-order valence-electron chi connectivity index (χ4n) is 2.67. The van der Waals surface area contributed by atoms with E-state index in [4.69, 9.17) is 4.74 Å². The molecular formula is C17H16N2O4. The number of nitrogens with zero attached hydrogens (tertiary/aromatic N) is 1. The summed E-state index contributed by atoms with van der Waals surface area (Å²) in [4.78, 5) is 23.7. The van der Waals surface area contributed by atoms with Gasteiger partial charge < -0.3 is 19.6 Å². The average molecular weight is 312 g/mol. The number of fused-ring (bicyclic) bond motifs is 3. The molecule has 0 aliphatic rings. The number of carboxylic acid groups (broad SMARTS) is 1. The Labute approximate surface area is 132 Å². The van der Waals surface area contributed by atoms with Crippen LogP contribution in [0.15, 0.2) is 42.6 Å². The summed E-state index contributed by atoms with van der Waals surface area (Å²) < 4.78 is 6.68. The summed E-state index contributed by atoms with van der Waals surface area (Å²) >= 11 is 0. The number of nitrogens with one attached hydrogen (secondary N) is 1. The molecular weight excluding hydrogens is 296 g/mol. The lowest BCUT2D eigenvalue weighted by Gasteiger charge is -2.05. The highest BCUT2D eigenvalue weighted by Gasteiger charge is 2.18. The van der Waals surface area contributed by atoms with E-state index >= 15 is 0 Å². The Morgan fingerprint density at radius 3 is 2.78 bits per heavy atom. The summed E-state index contributed by atoms with van der Waals surface area (Å²) in [6, 6.07) is 10.4. The SMILES string of the molecule is COCCNC(=O)c1ccc2c(C(=O)O)c3ccccn3c2c1. The minimum atomic E-state index is -0.985. The minimum absolute atomic E-state index is 0.216. The first-order valence-electron chi connectivity index (χ1n) is 7.16. The summed E-state index contributed by atoms with van der Waals surface area (Å²) in [7, 11) is 1.57. The van der Waals surface area contributed by atoms with Crippen LogP contribution in [-0.2, 0) is 4.74 Å². The maximum atomic E-state index is 12.1. The Morgan fingerprint density at radius 2 is 2.04 bits per heavy atom. The zero-order valence-electron chi connectivity index (χ0n) is 12.6. The molecule has 0 bridgehead atoms. The molecule has 2 heterocycles. The number of carbonyl (C=O) groups is 2. The van der Waals surface area contributed by atoms with Gasteiger partial charge in [-0.3, -0.25) is 4.79 Å². The molecule has 1 aromatic carbocycles. The van der Waals surface area contributed by atoms with Gasteiger partial charge in [-0.25, -0.2) is 4.79 Å². The van der Waals surface area contributed by atoms with Gasteiger partial charge >= 0.3 is 5.97 Å². The van der Waals surface area contributed by atoms with Crippen molar-refractivity contribution in [2.45, 2.75) is 0 Å². The Balaban J connectivity index is 2.11. The van der Waals surface area contributed by atoms with Crippen LogP contribution < -0.4 is 5.32 Å². The van der Waals surface area contributed by atoms with Crippen LogP contribution in [0.1, 0.15) is 20.7 Å². The first kappa shape index (κ1) is 15.1. The molecule has 0 saturated heterocycles. The number of aromatic carboxylic acids is 1. The molecule has 0 atom stereocenters. The smallest absolute Gasteiger partial charge is 0.338 e. The van der Waals surface area contributed by atoms with E-state index in [1.54, 1.807) is 48.0 Å². The van der Waals surface area contributed by atoms with Gasteiger partial charge in [0.15, 0.2) is 0 Å². The minimum Gasteiger partial charge on any atom is -0.478 e. The molecule has 2 aromatic heterocycles. The van der Waals surface area contributed by atoms with Crippen molar-refractivity contribution in [3.05, 3.63) is 53.7 Å². The summed E-state index contributed by atoms with van der Waals surface area (Å²) in [5, 5.41) is 12.8. The van der Waals surface area contributed by atoms with Crippen LogP contribution in [0, 0.1) is 0 Å². The lowest BCUT2D eigenvalue weighted by Crippen LogP contribution is -2.26. The van der Waals surface area contributed by atoms with E-state index in [2.05, 4.69) is 5.32 Å². The van der Waals surface area contributed by atoms with E-state index in [-0.39, 0.29) is 11.5 Å². The number of carbonyl (C=O) groups excluding carboxylic acids is 1. The number of pyridine rings is 1. The van der Waals surface area contributed by atoms with E-state index in [1.165, 1.54) is 0 Å². The van der Waals surface area contributed by atoms with Gasteiger partial charge in [-0.1, -0.05) is 12.1 Å². The van der Waals surface area contributed by atoms with Crippen LogP contribution >= 0.6 is 0 Å². The number of ether oxygens (including phenoxy) is 1. The topological polar surface area (TPSA) is 80.0 Å². The van der Waals surface area contributed by atoms with Crippen molar-refractivity contribution in [1.29, 1.82) is 0 Å². The molecule has 3 aromatic rings. The molecule has 118 valence electrons. The molecule has 0 spiro atoms. The van der Waals surface area contributed by atoms with Crippen molar-refractivity contribution >= 4 is 28.3 Å². The van der Waals surface area contributed by atoms with Gasteiger partial charge in [0, 0.05) is 30.8 Å². The van der Waals surface area contributed by atoms with Crippen LogP contribution in [0.3, 0.4) is 0 Å². The molecule has 0 radical (unpaired) electrons. The standard InChI is InChI=1S/C17H16N2O4/c1-23-9-7-18-16(20)11-5-6-12-14(10-11)19-8-3-2-4-13(19)15(12)17(21)22/h2-6,8,10H,7,9H2,1H3,(H,18,20)(H,21,22). The lowest BCUT2D eigenvalue weighted by atomic mass is 10.1. The van der Waals surface area contributed by atoms with Crippen LogP contribution in [0.4, 0.5) is 0 Å². The third-order valence-corrected chi connectivity index (χ3v) is 3.71. The first-order valence-corrected chi connectivity index (χ1v) is 7.16. The second kappa shape index (κ2) is 6.10. The fraction of sp³-hybridized carbons (Fsp3) is 0.176. The Bertz CT molecular complexity index is 898. The molecule has 23 heavy (non-hydrogen) atoms. The van der Waals surface area contributed by atoms with Crippen molar-refractivity contribution < 1.29 is 19.4 Å². The maximum Gasteiger partial charge on any atom is 0.338 e. The van der Waals surface area contributed by atoms with Crippen LogP contribution in [-0.4, -0.2) is 41.6 Å². The zero-order chi connectivity index (χ0) is 16.4. The quantitative estimate of drug-likeness (QED) is 0.708. The largest absolute Gasteiger partial charge is 0.478 e. The van der Waals surface area contributed by atoms with Gasteiger partial charge in [0.2, 0.25) is 0 Å². The summed E-state index contributed by atoms with van der Waals surface area (Å²) in [5.41, 5.74) is 2.02. The highest BCUT2D eigenvalue weighted by Crippen LogP contribution is 2.27. The molecule has 6 nitrogen and oxygen atoms in total. The van der Waals surface area contributed by atoms with Gasteiger partial charge in [-0.15, -0.1) is 0 Å². The van der Waals surface area contributed by atoms with Gasteiger partial charge in [0.25, 0.3) is 5.91 Å². The van der Waals surface area contributed by atoms with Gasteiger partial charge in [0.05, 0.1) is 23.2 Å². The number of benzene rings is 1. The molecule has 0 saturated carbocycles. The van der Waals surface area contributed by atoms with Gasteiger partial charge in [-0.05, 0) is 24.3 Å². The van der Waals surface area contributed by atoms with Crippen LogP contribution in [0.5, 0.6) is 0 Å². The molecule has 0 aliphatic carbocycles. The third kappa shape index (κ3) is 2.64. The normalized spacial score (nSPS) is 11.0. The molecule has 2 N–H and O–H groups in total. The zero-order valence-corrected chi connectivity index (χ0v) is 12.6. The van der Waals surface area contributed by atoms with E-state index < -0.39 is 5.97 Å². The molecule has 0 fully saturated rings. The summed E-state index contributed by atoms with van der Waals surface area (Å²) in [6.45, 7) is 0.855. The number of carboxylic acids is 1. The summed E-state index contributed by atoms with van der Waals surface area (Å²) in [5.74, 6) is -1.20. The molecule has 0 unspecified atom stereocenters. The number of rotatable bonds is 5. The number of amides is 1. The van der Waals surface area contributed by atoms with E-state index in [1.807, 2.05) is 6.07 Å². The predicted molar refractivity (Wildman–Crippen MR) is 86.1 cm³/mol. The Kier molecular flexibility index (Phi) is 3.99. The molecule has 3 rings (SSSR count). The number of hydrogen-bond donors (Lipinski definition) is 2. The van der Waals surface area contributed by atoms with E-state index in [0.29, 0.717) is 35.1 Å². The highest BCUT2D eigenvalue weighted by atomic mass is 16.5. The van der Waals surface area contributed by atoms with Crippen LogP contribution in [0.2, 0.25) is 0 Å². The van der Waals surface area contributed by atoms with E-state index in [9.17, 15) is 14.7 Å². The highest BCUT2D eigenvalue weighted by molar-refractivity contribution is 6.12. The van der Waals surface area contributed by atoms with Crippen molar-refractivity contribution in [3.63, 3.8) is 0 Å². The molecule has 0 aliphatic heterocycles. The van der Waals surface area contributed by atoms with Crippen molar-refractivity contribution in [2.75, 3.05) is 20.3 Å². The fourth-order valence-corrected chi connectivity index (χ4v) is 2.67. The van der Waals surface area contributed by atoms with Gasteiger partial charge in [0.1, 0.15) is 0 Å². The monoisotopic (exact) mass is 312 g/mol. The van der Waals surface area contributed by atoms with Crippen LogP contribution in [0.25, 0.3) is 16.4 Å². The third-order valence-electron chi connectivity index (χ3n) is 3.71. The number of methoxy groups -OCH3 is 1. The Hall–Kier alpha value is -2.86. The summed E-state index contributed by atoms with van der Waals surface area (Å²) in [6.07, 6.45) is 1.79. The average Bonchev–Trinajstić information content (AvgIpc) is 2.88. The molecule has 1 amide bonds. The number of hydrogen-bond acceptors (Lipinski definition) is 3. The van der Waals surface area contributed by atoms with Crippen molar-refractivity contribution in [2.24, 2.45) is 0 Å². The maximum absolute atomic E-state index is 12.1. The predicted octanol–water partition coefficient (Wildman–Crippen LogP) is 2.17. The molecule has 6 heteroatoms. The second-order valence-electron chi connectivity index (χ2n) is 5.12. The second-order valence-corrected chi connectivity index (χ2v) is 5.12. The number of aromatic nitrogens is 1. The first-order chi connectivity index (χ1) is 11.1. The van der Waals surface area contributed by atoms with E-state index in [0.717, 1.165) is 0 Å². The van der Waals surface area contributed by atoms with Gasteiger partial charge in [-0.2, -0.15) is 0 Å². The Morgan fingerprint density at radius 1 is 1.22 bits per heavy atom. The van der Waals surface area contributed by atoms with Crippen molar-refractivity contribution in [1.82, 2.24) is 9.72 Å².